The minimum atomic E-state index is -4.37. The number of likely N-dealkylation sites (tertiary alicyclic amines) is 1. The number of hydrogen-bond donors (Lipinski definition) is 2. The molecule has 2 N–H and O–H groups in total. The van der Waals surface area contributed by atoms with Gasteiger partial charge in [0.2, 0.25) is 0 Å². The standard InChI is InChI=1S/C17H23F3N2O3/c1-12(21-16(24)22-8-2-3-13(9-22)10-23)14-4-6-15(7-5-14)25-11-17(18,19)20/h4-7,12-13,23H,2-3,8-11H2,1H3,(H,21,24). The summed E-state index contributed by atoms with van der Waals surface area (Å²) in [5, 5.41) is 12.1. The molecule has 0 aromatic heterocycles. The van der Waals surface area contributed by atoms with Crippen molar-refractivity contribution in [3.63, 3.8) is 0 Å². The van der Waals surface area contributed by atoms with Gasteiger partial charge < -0.3 is 20.1 Å². The van der Waals surface area contributed by atoms with E-state index in [1.165, 1.54) is 12.1 Å². The molecule has 0 spiro atoms. The topological polar surface area (TPSA) is 61.8 Å². The molecular weight excluding hydrogens is 337 g/mol. The van der Waals surface area contributed by atoms with Crippen LogP contribution in [0.25, 0.3) is 0 Å². The quantitative estimate of drug-likeness (QED) is 0.848. The number of ether oxygens (including phenoxy) is 1. The fraction of sp³-hybridized carbons (Fsp3) is 0.588. The van der Waals surface area contributed by atoms with Crippen LogP contribution in [0.3, 0.4) is 0 Å². The first-order valence-electron chi connectivity index (χ1n) is 8.24. The zero-order chi connectivity index (χ0) is 18.4. The Kier molecular flexibility index (Phi) is 6.52. The van der Waals surface area contributed by atoms with Crippen molar-refractivity contribution < 1.29 is 27.8 Å². The highest BCUT2D eigenvalue weighted by Crippen LogP contribution is 2.22. The van der Waals surface area contributed by atoms with E-state index in [1.807, 2.05) is 0 Å². The van der Waals surface area contributed by atoms with E-state index in [0.29, 0.717) is 13.1 Å². The van der Waals surface area contributed by atoms with Gasteiger partial charge in [0.15, 0.2) is 6.61 Å². The number of aliphatic hydroxyl groups is 1. The first kappa shape index (κ1) is 19.4. The molecule has 0 radical (unpaired) electrons. The Morgan fingerprint density at radius 3 is 2.68 bits per heavy atom. The van der Waals surface area contributed by atoms with E-state index in [2.05, 4.69) is 10.1 Å². The van der Waals surface area contributed by atoms with Gasteiger partial charge in [-0.1, -0.05) is 12.1 Å². The van der Waals surface area contributed by atoms with Crippen LogP contribution < -0.4 is 10.1 Å². The number of carbonyl (C=O) groups excluding carboxylic acids is 1. The molecule has 5 nitrogen and oxygen atoms in total. The molecule has 140 valence electrons. The van der Waals surface area contributed by atoms with Crippen LogP contribution in [0.15, 0.2) is 24.3 Å². The molecule has 1 aromatic rings. The minimum Gasteiger partial charge on any atom is -0.484 e. The zero-order valence-corrected chi connectivity index (χ0v) is 14.1. The fourth-order valence-electron chi connectivity index (χ4n) is 2.78. The van der Waals surface area contributed by atoms with Crippen molar-refractivity contribution in [1.29, 1.82) is 0 Å². The second-order valence-corrected chi connectivity index (χ2v) is 6.28. The Hall–Kier alpha value is -1.96. The number of piperidine rings is 1. The number of rotatable bonds is 5. The first-order chi connectivity index (χ1) is 11.8. The Labute approximate surface area is 144 Å². The highest BCUT2D eigenvalue weighted by Gasteiger charge is 2.28. The average molecular weight is 360 g/mol. The molecule has 1 aliphatic rings. The number of hydrogen-bond acceptors (Lipinski definition) is 3. The summed E-state index contributed by atoms with van der Waals surface area (Å²) in [6.45, 7) is 1.72. The molecule has 2 atom stereocenters. The fourth-order valence-corrected chi connectivity index (χ4v) is 2.78. The van der Waals surface area contributed by atoms with Crippen molar-refractivity contribution in [2.75, 3.05) is 26.3 Å². The monoisotopic (exact) mass is 360 g/mol. The van der Waals surface area contributed by atoms with Crippen molar-refractivity contribution in [2.24, 2.45) is 5.92 Å². The van der Waals surface area contributed by atoms with E-state index in [0.717, 1.165) is 18.4 Å². The molecule has 0 aliphatic carbocycles. The number of nitrogens with zero attached hydrogens (tertiary/aromatic N) is 1. The number of nitrogens with one attached hydrogen (secondary N) is 1. The largest absolute Gasteiger partial charge is 0.484 e. The molecule has 2 amide bonds. The summed E-state index contributed by atoms with van der Waals surface area (Å²) >= 11 is 0. The summed E-state index contributed by atoms with van der Waals surface area (Å²) < 4.78 is 41.0. The maximum Gasteiger partial charge on any atom is 0.422 e. The lowest BCUT2D eigenvalue weighted by atomic mass is 9.99. The van der Waals surface area contributed by atoms with Gasteiger partial charge in [0.25, 0.3) is 0 Å². The molecule has 1 heterocycles. The van der Waals surface area contributed by atoms with Gasteiger partial charge in [0.1, 0.15) is 5.75 Å². The Morgan fingerprint density at radius 2 is 2.08 bits per heavy atom. The predicted octanol–water partition coefficient (Wildman–Crippen LogP) is 3.10. The van der Waals surface area contributed by atoms with Crippen LogP contribution in [-0.2, 0) is 0 Å². The summed E-state index contributed by atoms with van der Waals surface area (Å²) in [6, 6.07) is 5.66. The van der Waals surface area contributed by atoms with Gasteiger partial charge in [-0.05, 0) is 43.4 Å². The van der Waals surface area contributed by atoms with Gasteiger partial charge in [0, 0.05) is 19.7 Å². The molecule has 0 saturated carbocycles. The molecule has 8 heteroatoms. The second-order valence-electron chi connectivity index (χ2n) is 6.28. The summed E-state index contributed by atoms with van der Waals surface area (Å²) in [5.41, 5.74) is 0.767. The van der Waals surface area contributed by atoms with Crippen LogP contribution in [0.5, 0.6) is 5.75 Å². The van der Waals surface area contributed by atoms with Crippen molar-refractivity contribution >= 4 is 6.03 Å². The summed E-state index contributed by atoms with van der Waals surface area (Å²) in [4.78, 5) is 14.0. The van der Waals surface area contributed by atoms with Gasteiger partial charge in [-0.25, -0.2) is 4.79 Å². The smallest absolute Gasteiger partial charge is 0.422 e. The number of aliphatic hydroxyl groups excluding tert-OH is 1. The van der Waals surface area contributed by atoms with Crippen LogP contribution in [0, 0.1) is 5.92 Å². The normalized spacial score (nSPS) is 19.4. The van der Waals surface area contributed by atoms with Gasteiger partial charge in [0.05, 0.1) is 6.04 Å². The number of benzene rings is 1. The molecule has 1 aromatic carbocycles. The summed E-state index contributed by atoms with van der Waals surface area (Å²) in [6.07, 6.45) is -2.60. The van der Waals surface area contributed by atoms with Crippen molar-refractivity contribution in [2.45, 2.75) is 32.0 Å². The third kappa shape index (κ3) is 6.12. The van der Waals surface area contributed by atoms with Gasteiger partial charge in [-0.15, -0.1) is 0 Å². The summed E-state index contributed by atoms with van der Waals surface area (Å²) in [5.74, 6) is 0.237. The van der Waals surface area contributed by atoms with Crippen molar-refractivity contribution in [1.82, 2.24) is 10.2 Å². The maximum atomic E-state index is 12.3. The van der Waals surface area contributed by atoms with E-state index in [-0.39, 0.29) is 30.3 Å². The molecule has 2 rings (SSSR count). The van der Waals surface area contributed by atoms with Crippen LogP contribution in [-0.4, -0.2) is 48.5 Å². The van der Waals surface area contributed by atoms with Gasteiger partial charge in [-0.3, -0.25) is 0 Å². The van der Waals surface area contributed by atoms with Crippen LogP contribution in [0.2, 0.25) is 0 Å². The first-order valence-corrected chi connectivity index (χ1v) is 8.24. The molecule has 1 fully saturated rings. The third-order valence-corrected chi connectivity index (χ3v) is 4.19. The van der Waals surface area contributed by atoms with E-state index < -0.39 is 12.8 Å². The van der Waals surface area contributed by atoms with Crippen molar-refractivity contribution in [3.05, 3.63) is 29.8 Å². The molecular formula is C17H23F3N2O3. The van der Waals surface area contributed by atoms with E-state index in [1.54, 1.807) is 24.0 Å². The third-order valence-electron chi connectivity index (χ3n) is 4.19. The molecule has 1 aliphatic heterocycles. The lowest BCUT2D eigenvalue weighted by molar-refractivity contribution is -0.153. The summed E-state index contributed by atoms with van der Waals surface area (Å²) in [7, 11) is 0. The molecule has 1 saturated heterocycles. The minimum absolute atomic E-state index is 0.0682. The lowest BCUT2D eigenvalue weighted by Gasteiger charge is -2.32. The van der Waals surface area contributed by atoms with E-state index in [4.69, 9.17) is 0 Å². The lowest BCUT2D eigenvalue weighted by Crippen LogP contribution is -2.46. The van der Waals surface area contributed by atoms with Crippen molar-refractivity contribution in [3.8, 4) is 5.75 Å². The SMILES string of the molecule is CC(NC(=O)N1CCCC(CO)C1)c1ccc(OCC(F)(F)F)cc1. The molecule has 0 bridgehead atoms. The average Bonchev–Trinajstić information content (AvgIpc) is 2.59. The van der Waals surface area contributed by atoms with Gasteiger partial charge in [-0.2, -0.15) is 13.2 Å². The highest BCUT2D eigenvalue weighted by molar-refractivity contribution is 5.74. The predicted molar refractivity (Wildman–Crippen MR) is 86.3 cm³/mol. The Bertz CT molecular complexity index is 563. The van der Waals surface area contributed by atoms with Crippen LogP contribution >= 0.6 is 0 Å². The van der Waals surface area contributed by atoms with Crippen LogP contribution in [0.1, 0.15) is 31.4 Å². The molecule has 2 unspecified atom stereocenters. The zero-order valence-electron chi connectivity index (χ0n) is 14.1. The maximum absolute atomic E-state index is 12.3. The Balaban J connectivity index is 1.87. The number of amides is 2. The highest BCUT2D eigenvalue weighted by atomic mass is 19.4. The number of carbonyl (C=O) groups is 1. The Morgan fingerprint density at radius 1 is 1.40 bits per heavy atom. The number of alkyl halides is 3. The number of halogens is 3. The second kappa shape index (κ2) is 8.42. The van der Waals surface area contributed by atoms with Crippen LogP contribution in [0.4, 0.5) is 18.0 Å². The molecule has 25 heavy (non-hydrogen) atoms. The number of urea groups is 1. The van der Waals surface area contributed by atoms with E-state index >= 15 is 0 Å². The van der Waals surface area contributed by atoms with Gasteiger partial charge >= 0.3 is 12.2 Å². The van der Waals surface area contributed by atoms with E-state index in [9.17, 15) is 23.1 Å².